The third kappa shape index (κ3) is 5.24. The molecule has 2 aliphatic rings. The van der Waals surface area contributed by atoms with Crippen molar-refractivity contribution in [2.24, 2.45) is 5.92 Å². The number of nitrogens with one attached hydrogen (secondary N) is 1. The van der Waals surface area contributed by atoms with E-state index in [1.807, 2.05) is 0 Å². The van der Waals surface area contributed by atoms with Gasteiger partial charge in [0.1, 0.15) is 6.61 Å². The zero-order valence-electron chi connectivity index (χ0n) is 12.2. The molecule has 0 aromatic carbocycles. The van der Waals surface area contributed by atoms with Gasteiger partial charge in [0.05, 0.1) is 6.10 Å². The Morgan fingerprint density at radius 1 is 1.05 bits per heavy atom. The van der Waals surface area contributed by atoms with Crippen LogP contribution < -0.4 is 5.32 Å². The summed E-state index contributed by atoms with van der Waals surface area (Å²) in [5, 5.41) is 3.65. The lowest BCUT2D eigenvalue weighted by Crippen LogP contribution is -2.42. The first-order valence-electron chi connectivity index (χ1n) is 7.90. The van der Waals surface area contributed by atoms with Crippen molar-refractivity contribution >= 4 is 0 Å². The van der Waals surface area contributed by atoms with Crippen molar-refractivity contribution in [1.29, 1.82) is 0 Å². The Bertz CT molecular complexity index is 295. The predicted molar refractivity (Wildman–Crippen MR) is 72.6 cm³/mol. The van der Waals surface area contributed by atoms with E-state index in [1.54, 1.807) is 0 Å². The monoisotopic (exact) mass is 293 g/mol. The van der Waals surface area contributed by atoms with Gasteiger partial charge in [-0.25, -0.2) is 0 Å². The van der Waals surface area contributed by atoms with Crippen LogP contribution in [0.3, 0.4) is 0 Å². The number of hydrogen-bond donors (Lipinski definition) is 1. The molecule has 118 valence electrons. The Hall–Kier alpha value is -0.290. The summed E-state index contributed by atoms with van der Waals surface area (Å²) in [5.74, 6) is 0.827. The summed E-state index contributed by atoms with van der Waals surface area (Å²) >= 11 is 0. The van der Waals surface area contributed by atoms with E-state index in [0.29, 0.717) is 12.1 Å². The SMILES string of the molecule is CCC1CCC(NC2CCCC(OCC(F)(F)F)C2)C1. The molecular weight excluding hydrogens is 267 g/mol. The van der Waals surface area contributed by atoms with Crippen molar-refractivity contribution in [3.63, 3.8) is 0 Å². The van der Waals surface area contributed by atoms with Gasteiger partial charge in [-0.3, -0.25) is 0 Å². The highest BCUT2D eigenvalue weighted by atomic mass is 19.4. The van der Waals surface area contributed by atoms with Crippen LogP contribution in [0, 0.1) is 5.92 Å². The van der Waals surface area contributed by atoms with Crippen molar-refractivity contribution in [1.82, 2.24) is 5.32 Å². The van der Waals surface area contributed by atoms with Crippen LogP contribution in [0.25, 0.3) is 0 Å². The van der Waals surface area contributed by atoms with Crippen molar-refractivity contribution in [3.05, 3.63) is 0 Å². The quantitative estimate of drug-likeness (QED) is 0.826. The van der Waals surface area contributed by atoms with E-state index >= 15 is 0 Å². The number of alkyl halides is 3. The van der Waals surface area contributed by atoms with E-state index in [-0.39, 0.29) is 6.10 Å². The highest BCUT2D eigenvalue weighted by Gasteiger charge is 2.32. The van der Waals surface area contributed by atoms with Gasteiger partial charge in [0, 0.05) is 12.1 Å². The number of halogens is 3. The molecule has 0 amide bonds. The molecule has 2 fully saturated rings. The average molecular weight is 293 g/mol. The Balaban J connectivity index is 1.71. The van der Waals surface area contributed by atoms with Gasteiger partial charge in [0.25, 0.3) is 0 Å². The highest BCUT2D eigenvalue weighted by molar-refractivity contribution is 4.86. The molecule has 2 saturated carbocycles. The zero-order valence-corrected chi connectivity index (χ0v) is 12.2. The maximum absolute atomic E-state index is 12.2. The van der Waals surface area contributed by atoms with Gasteiger partial charge in [-0.05, 0) is 50.9 Å². The molecule has 0 aliphatic heterocycles. The first kappa shape index (κ1) is 16.1. The molecule has 5 heteroatoms. The standard InChI is InChI=1S/C15H26F3NO/c1-2-11-6-7-13(8-11)19-12-4-3-5-14(9-12)20-10-15(16,17)18/h11-14,19H,2-10H2,1H3. The Morgan fingerprint density at radius 3 is 2.45 bits per heavy atom. The van der Waals surface area contributed by atoms with Crippen molar-refractivity contribution in [3.8, 4) is 0 Å². The van der Waals surface area contributed by atoms with Gasteiger partial charge in [-0.1, -0.05) is 13.3 Å². The summed E-state index contributed by atoms with van der Waals surface area (Å²) in [7, 11) is 0. The van der Waals surface area contributed by atoms with E-state index in [2.05, 4.69) is 12.2 Å². The summed E-state index contributed by atoms with van der Waals surface area (Å²) in [5.41, 5.74) is 0. The molecule has 2 rings (SSSR count). The van der Waals surface area contributed by atoms with E-state index in [4.69, 9.17) is 4.74 Å². The van der Waals surface area contributed by atoms with Crippen LogP contribution in [0.5, 0.6) is 0 Å². The summed E-state index contributed by atoms with van der Waals surface area (Å²) in [6, 6.07) is 0.897. The molecule has 2 nitrogen and oxygen atoms in total. The van der Waals surface area contributed by atoms with E-state index in [9.17, 15) is 13.2 Å². The fourth-order valence-corrected chi connectivity index (χ4v) is 3.59. The predicted octanol–water partition coefficient (Wildman–Crippen LogP) is 4.04. The van der Waals surface area contributed by atoms with Crippen molar-refractivity contribution in [2.45, 2.75) is 82.7 Å². The normalized spacial score (nSPS) is 35.4. The molecule has 0 aromatic rings. The van der Waals surface area contributed by atoms with E-state index in [0.717, 1.165) is 31.6 Å². The van der Waals surface area contributed by atoms with Crippen LogP contribution in [-0.2, 0) is 4.74 Å². The molecule has 0 heterocycles. The highest BCUT2D eigenvalue weighted by Crippen LogP contribution is 2.30. The average Bonchev–Trinajstić information content (AvgIpc) is 2.84. The molecular formula is C15H26F3NO. The molecule has 1 N–H and O–H groups in total. The molecule has 20 heavy (non-hydrogen) atoms. The first-order valence-corrected chi connectivity index (χ1v) is 7.90. The molecule has 4 atom stereocenters. The molecule has 0 bridgehead atoms. The minimum absolute atomic E-state index is 0.230. The summed E-state index contributed by atoms with van der Waals surface area (Å²) < 4.78 is 41.5. The smallest absolute Gasteiger partial charge is 0.369 e. The van der Waals surface area contributed by atoms with Crippen molar-refractivity contribution < 1.29 is 17.9 Å². The maximum Gasteiger partial charge on any atom is 0.411 e. The summed E-state index contributed by atoms with van der Waals surface area (Å²) in [6.45, 7) is 1.13. The van der Waals surface area contributed by atoms with Crippen LogP contribution in [-0.4, -0.2) is 31.0 Å². The molecule has 2 aliphatic carbocycles. The maximum atomic E-state index is 12.2. The number of hydrogen-bond acceptors (Lipinski definition) is 2. The third-order valence-electron chi connectivity index (χ3n) is 4.70. The van der Waals surface area contributed by atoms with Crippen LogP contribution in [0.15, 0.2) is 0 Å². The Morgan fingerprint density at radius 2 is 1.80 bits per heavy atom. The largest absolute Gasteiger partial charge is 0.411 e. The van der Waals surface area contributed by atoms with Gasteiger partial charge < -0.3 is 10.1 Å². The van der Waals surface area contributed by atoms with E-state index < -0.39 is 12.8 Å². The third-order valence-corrected chi connectivity index (χ3v) is 4.70. The minimum atomic E-state index is -4.21. The zero-order chi connectivity index (χ0) is 14.6. The first-order chi connectivity index (χ1) is 9.46. The fraction of sp³-hybridized carbons (Fsp3) is 1.00. The number of ether oxygens (including phenoxy) is 1. The van der Waals surface area contributed by atoms with Crippen LogP contribution in [0.1, 0.15) is 58.3 Å². The lowest BCUT2D eigenvalue weighted by Gasteiger charge is -2.32. The molecule has 0 spiro atoms. The molecule has 0 radical (unpaired) electrons. The molecule has 4 unspecified atom stereocenters. The summed E-state index contributed by atoms with van der Waals surface area (Å²) in [6.07, 6.45) is 4.04. The van der Waals surface area contributed by atoms with E-state index in [1.165, 1.54) is 25.7 Å². The summed E-state index contributed by atoms with van der Waals surface area (Å²) in [4.78, 5) is 0. The molecule has 0 saturated heterocycles. The Labute approximate surface area is 119 Å². The van der Waals surface area contributed by atoms with Crippen LogP contribution in [0.4, 0.5) is 13.2 Å². The van der Waals surface area contributed by atoms with Gasteiger partial charge >= 0.3 is 6.18 Å². The van der Waals surface area contributed by atoms with Gasteiger partial charge in [-0.2, -0.15) is 13.2 Å². The van der Waals surface area contributed by atoms with Crippen LogP contribution >= 0.6 is 0 Å². The van der Waals surface area contributed by atoms with Gasteiger partial charge in [-0.15, -0.1) is 0 Å². The lowest BCUT2D eigenvalue weighted by atomic mass is 9.92. The fourth-order valence-electron chi connectivity index (χ4n) is 3.59. The number of rotatable bonds is 5. The molecule has 0 aromatic heterocycles. The Kier molecular flexibility index (Phi) is 5.73. The second-order valence-electron chi connectivity index (χ2n) is 6.36. The second-order valence-corrected chi connectivity index (χ2v) is 6.36. The minimum Gasteiger partial charge on any atom is -0.369 e. The lowest BCUT2D eigenvalue weighted by molar-refractivity contribution is -0.188. The van der Waals surface area contributed by atoms with Gasteiger partial charge in [0.2, 0.25) is 0 Å². The topological polar surface area (TPSA) is 21.3 Å². The van der Waals surface area contributed by atoms with Crippen molar-refractivity contribution in [2.75, 3.05) is 6.61 Å². The van der Waals surface area contributed by atoms with Crippen LogP contribution in [0.2, 0.25) is 0 Å². The van der Waals surface area contributed by atoms with Gasteiger partial charge in [0.15, 0.2) is 0 Å². The second kappa shape index (κ2) is 7.12.